The minimum Gasteiger partial charge on any atom is -0.0616 e. The second-order valence-electron chi connectivity index (χ2n) is 20.2. The monoisotopic (exact) mass is 713 g/mol. The van der Waals surface area contributed by atoms with Crippen LogP contribution in [0.2, 0.25) is 0 Å². The molecular formula is C53H76. The number of fused-ring (bicyclic) bond motifs is 1. The van der Waals surface area contributed by atoms with Crippen LogP contribution < -0.4 is 0 Å². The Bertz CT molecular complexity index is 1740. The first kappa shape index (κ1) is 45.5. The molecule has 0 radical (unpaired) electrons. The Balaban J connectivity index is 0.000000245. The van der Waals surface area contributed by atoms with Gasteiger partial charge >= 0.3 is 0 Å². The maximum Gasteiger partial charge on any atom is -0.0126 e. The van der Waals surface area contributed by atoms with Gasteiger partial charge in [0.1, 0.15) is 0 Å². The number of benzene rings is 5. The lowest BCUT2D eigenvalue weighted by Gasteiger charge is -2.23. The molecule has 0 heterocycles. The first-order valence-corrected chi connectivity index (χ1v) is 20.0. The van der Waals surface area contributed by atoms with E-state index >= 15 is 0 Å². The van der Waals surface area contributed by atoms with Crippen molar-refractivity contribution in [3.63, 3.8) is 0 Å². The second-order valence-corrected chi connectivity index (χ2v) is 20.2. The van der Waals surface area contributed by atoms with Crippen LogP contribution in [0.3, 0.4) is 0 Å². The van der Waals surface area contributed by atoms with Crippen molar-refractivity contribution in [3.05, 3.63) is 154 Å². The predicted octanol–water partition coefficient (Wildman–Crippen LogP) is 16.1. The maximum atomic E-state index is 2.26. The fourth-order valence-electron chi connectivity index (χ4n) is 5.96. The molecule has 0 bridgehead atoms. The molecule has 0 heteroatoms. The first-order chi connectivity index (χ1) is 24.2. The lowest BCUT2D eigenvalue weighted by molar-refractivity contribution is 0.577. The van der Waals surface area contributed by atoms with E-state index in [2.05, 4.69) is 240 Å². The van der Waals surface area contributed by atoms with Gasteiger partial charge < -0.3 is 0 Å². The summed E-state index contributed by atoms with van der Waals surface area (Å²) < 4.78 is 0. The molecule has 0 amide bonds. The van der Waals surface area contributed by atoms with Crippen molar-refractivity contribution in [1.82, 2.24) is 0 Å². The molecule has 0 saturated carbocycles. The van der Waals surface area contributed by atoms with Crippen molar-refractivity contribution in [2.75, 3.05) is 0 Å². The van der Waals surface area contributed by atoms with Crippen LogP contribution in [0.5, 0.6) is 0 Å². The molecule has 53 heavy (non-hydrogen) atoms. The molecule has 0 saturated heterocycles. The van der Waals surface area contributed by atoms with Crippen LogP contribution >= 0.6 is 0 Å². The van der Waals surface area contributed by atoms with E-state index in [1.807, 2.05) is 0 Å². The Morgan fingerprint density at radius 1 is 0.377 bits per heavy atom. The van der Waals surface area contributed by atoms with Crippen LogP contribution in [0.4, 0.5) is 0 Å². The topological polar surface area (TPSA) is 0 Å². The highest BCUT2D eigenvalue weighted by atomic mass is 14.2. The zero-order valence-electron chi connectivity index (χ0n) is 37.3. The molecule has 0 spiro atoms. The van der Waals surface area contributed by atoms with Gasteiger partial charge in [-0.25, -0.2) is 0 Å². The van der Waals surface area contributed by atoms with Gasteiger partial charge in [-0.1, -0.05) is 240 Å². The summed E-state index contributed by atoms with van der Waals surface area (Å²) >= 11 is 0. The summed E-state index contributed by atoms with van der Waals surface area (Å²) in [6, 6.07) is 42.0. The molecule has 0 fully saturated rings. The lowest BCUT2D eigenvalue weighted by Crippen LogP contribution is -2.14. The predicted molar refractivity (Wildman–Crippen MR) is 240 cm³/mol. The Morgan fingerprint density at radius 3 is 1.06 bits per heavy atom. The molecule has 288 valence electrons. The van der Waals surface area contributed by atoms with Crippen molar-refractivity contribution >= 4 is 10.8 Å². The Labute approximate surface area is 327 Å². The Morgan fingerprint density at radius 2 is 0.717 bits per heavy atom. The van der Waals surface area contributed by atoms with E-state index in [0.29, 0.717) is 5.92 Å². The van der Waals surface area contributed by atoms with Gasteiger partial charge in [-0.15, -0.1) is 0 Å². The standard InChI is InChI=1S/C14H16.C14H22.C13H20.C12H18/c1-14(2,3)13-10-6-8-11-7-4-5-9-12(11)13;1-13(2,3)11-7-9-12(10-8-11)14(4,5)6;1-10(2)11-6-8-12(9-7-11)13(3,4)5;1-5-10-6-8-11(9-7-10)12(2,3)4/h4-10H,1-3H3;7-10H,1-6H3;6-10H,1-5H3;6-9H,5H2,1-4H3. The maximum absolute atomic E-state index is 2.26. The average Bonchev–Trinajstić information content (AvgIpc) is 3.07. The van der Waals surface area contributed by atoms with Crippen LogP contribution in [0, 0.1) is 0 Å². The van der Waals surface area contributed by atoms with E-state index in [0.717, 1.165) is 6.42 Å². The minimum atomic E-state index is 0.223. The Hall–Kier alpha value is -3.64. The third-order valence-electron chi connectivity index (χ3n) is 9.89. The smallest absolute Gasteiger partial charge is 0.0126 e. The molecule has 0 N–H and O–H groups in total. The molecule has 5 rings (SSSR count). The molecule has 0 nitrogen and oxygen atoms in total. The number of hydrogen-bond acceptors (Lipinski definition) is 0. The summed E-state index contributed by atoms with van der Waals surface area (Å²) in [6.07, 6.45) is 1.13. The summed E-state index contributed by atoms with van der Waals surface area (Å²) in [5, 5.41) is 2.71. The van der Waals surface area contributed by atoms with Crippen LogP contribution in [0.1, 0.15) is 169 Å². The van der Waals surface area contributed by atoms with Crippen molar-refractivity contribution in [1.29, 1.82) is 0 Å². The highest BCUT2D eigenvalue weighted by Crippen LogP contribution is 2.30. The molecule has 0 unspecified atom stereocenters. The summed E-state index contributed by atoms with van der Waals surface area (Å²) in [5.74, 6) is 0.633. The van der Waals surface area contributed by atoms with Crippen LogP contribution in [0.15, 0.2) is 115 Å². The van der Waals surface area contributed by atoms with Gasteiger partial charge in [-0.3, -0.25) is 0 Å². The fourth-order valence-corrected chi connectivity index (χ4v) is 5.96. The highest BCUT2D eigenvalue weighted by Gasteiger charge is 2.18. The molecule has 5 aromatic carbocycles. The summed E-state index contributed by atoms with van der Waals surface area (Å²) in [5.41, 5.74) is 11.2. The minimum absolute atomic E-state index is 0.223. The largest absolute Gasteiger partial charge is 0.0616 e. The Kier molecular flexibility index (Phi) is 16.0. The second kappa shape index (κ2) is 18.6. The van der Waals surface area contributed by atoms with Gasteiger partial charge in [0.25, 0.3) is 0 Å². The molecule has 0 aromatic heterocycles. The van der Waals surface area contributed by atoms with Crippen molar-refractivity contribution in [3.8, 4) is 0 Å². The quantitative estimate of drug-likeness (QED) is 0.171. The van der Waals surface area contributed by atoms with Gasteiger partial charge in [0.2, 0.25) is 0 Å². The van der Waals surface area contributed by atoms with E-state index in [1.54, 1.807) is 0 Å². The summed E-state index contributed by atoms with van der Waals surface area (Å²) in [7, 11) is 0. The van der Waals surface area contributed by atoms with Gasteiger partial charge in [0.05, 0.1) is 0 Å². The molecule has 0 aliphatic carbocycles. The van der Waals surface area contributed by atoms with Crippen LogP contribution in [-0.2, 0) is 33.5 Å². The zero-order chi connectivity index (χ0) is 40.4. The third kappa shape index (κ3) is 15.0. The van der Waals surface area contributed by atoms with Crippen molar-refractivity contribution in [2.24, 2.45) is 0 Å². The summed E-state index contributed by atoms with van der Waals surface area (Å²) in [6.45, 7) is 40.4. The highest BCUT2D eigenvalue weighted by molar-refractivity contribution is 5.86. The lowest BCUT2D eigenvalue weighted by atomic mass is 9.82. The summed E-state index contributed by atoms with van der Waals surface area (Å²) in [4.78, 5) is 0. The third-order valence-corrected chi connectivity index (χ3v) is 9.89. The van der Waals surface area contributed by atoms with E-state index in [1.165, 1.54) is 49.7 Å². The fraction of sp³-hybridized carbons (Fsp3) is 0.472. The molecule has 5 aromatic rings. The number of hydrogen-bond donors (Lipinski definition) is 0. The van der Waals surface area contributed by atoms with Crippen molar-refractivity contribution < 1.29 is 0 Å². The van der Waals surface area contributed by atoms with Crippen LogP contribution in [0.25, 0.3) is 10.8 Å². The zero-order valence-corrected chi connectivity index (χ0v) is 37.3. The van der Waals surface area contributed by atoms with Gasteiger partial charge in [-0.05, 0) is 89.1 Å². The number of aryl methyl sites for hydroxylation is 1. The van der Waals surface area contributed by atoms with Crippen LogP contribution in [-0.4, -0.2) is 0 Å². The van der Waals surface area contributed by atoms with Crippen molar-refractivity contribution in [2.45, 2.75) is 164 Å². The van der Waals surface area contributed by atoms with Gasteiger partial charge in [0.15, 0.2) is 0 Å². The molecule has 0 aliphatic rings. The van der Waals surface area contributed by atoms with E-state index in [9.17, 15) is 0 Å². The number of rotatable bonds is 2. The average molecular weight is 713 g/mol. The normalized spacial score (nSPS) is 12.2. The van der Waals surface area contributed by atoms with Gasteiger partial charge in [-0.2, -0.15) is 0 Å². The van der Waals surface area contributed by atoms with E-state index in [-0.39, 0.29) is 27.1 Å². The SMILES string of the molecule is CC(C)(C)c1ccc(C(C)(C)C)cc1.CC(C)(C)c1cccc2ccccc12.CC(C)c1ccc(C(C)(C)C)cc1.CCc1ccc(C(C)(C)C)cc1. The van der Waals surface area contributed by atoms with E-state index < -0.39 is 0 Å². The van der Waals surface area contributed by atoms with E-state index in [4.69, 9.17) is 0 Å². The van der Waals surface area contributed by atoms with Gasteiger partial charge in [0, 0.05) is 0 Å². The molecule has 0 aliphatic heterocycles. The first-order valence-electron chi connectivity index (χ1n) is 20.0. The molecular weight excluding hydrogens is 637 g/mol. The molecule has 0 atom stereocenters.